The molecular weight excluding hydrogens is 260 g/mol. The molecule has 0 heterocycles. The van der Waals surface area contributed by atoms with Gasteiger partial charge in [-0.15, -0.1) is 0 Å². The van der Waals surface area contributed by atoms with Crippen molar-refractivity contribution in [2.75, 3.05) is 0 Å². The molecule has 2 N–H and O–H groups in total. The molecule has 2 nitrogen and oxygen atoms in total. The standard InChI is InChI=1S/C19H32O2/c1-17-11-8-15-13(14(17)5-6-16(17)20)7-12-19(21)10-4-3-9-18(15,19)2/h13-16,20-21H,3-12H2,1-2H3/t13-,14-,15-,16-,17-,18+,19-/m0/s1. The van der Waals surface area contributed by atoms with E-state index in [2.05, 4.69) is 13.8 Å². The van der Waals surface area contributed by atoms with E-state index in [4.69, 9.17) is 0 Å². The molecule has 0 spiro atoms. The van der Waals surface area contributed by atoms with Crippen LogP contribution in [-0.4, -0.2) is 21.9 Å². The molecule has 0 aliphatic heterocycles. The van der Waals surface area contributed by atoms with E-state index in [1.807, 2.05) is 0 Å². The lowest BCUT2D eigenvalue weighted by molar-refractivity contribution is -0.206. The molecule has 0 radical (unpaired) electrons. The van der Waals surface area contributed by atoms with E-state index < -0.39 is 5.60 Å². The predicted molar refractivity (Wildman–Crippen MR) is 83.8 cm³/mol. The van der Waals surface area contributed by atoms with Crippen molar-refractivity contribution in [2.24, 2.45) is 28.6 Å². The topological polar surface area (TPSA) is 40.5 Å². The number of rotatable bonds is 0. The molecule has 7 atom stereocenters. The zero-order valence-corrected chi connectivity index (χ0v) is 13.8. The van der Waals surface area contributed by atoms with Crippen molar-refractivity contribution in [1.29, 1.82) is 0 Å². The van der Waals surface area contributed by atoms with Gasteiger partial charge in [-0.2, -0.15) is 0 Å². The van der Waals surface area contributed by atoms with Gasteiger partial charge in [0.25, 0.3) is 0 Å². The Morgan fingerprint density at radius 1 is 0.810 bits per heavy atom. The molecule has 2 heteroatoms. The summed E-state index contributed by atoms with van der Waals surface area (Å²) in [7, 11) is 0. The second-order valence-electron chi connectivity index (χ2n) is 9.21. The van der Waals surface area contributed by atoms with E-state index in [9.17, 15) is 10.2 Å². The second-order valence-corrected chi connectivity index (χ2v) is 9.21. The van der Waals surface area contributed by atoms with Gasteiger partial charge in [0.05, 0.1) is 11.7 Å². The minimum Gasteiger partial charge on any atom is -0.393 e. The summed E-state index contributed by atoms with van der Waals surface area (Å²) in [4.78, 5) is 0. The van der Waals surface area contributed by atoms with Gasteiger partial charge in [-0.3, -0.25) is 0 Å². The van der Waals surface area contributed by atoms with Crippen molar-refractivity contribution in [3.63, 3.8) is 0 Å². The lowest BCUT2D eigenvalue weighted by Gasteiger charge is -2.63. The van der Waals surface area contributed by atoms with Gasteiger partial charge >= 0.3 is 0 Å². The molecule has 0 aromatic carbocycles. The van der Waals surface area contributed by atoms with Crippen LogP contribution in [0.15, 0.2) is 0 Å². The lowest BCUT2D eigenvalue weighted by Crippen LogP contribution is -2.61. The van der Waals surface area contributed by atoms with Crippen LogP contribution in [0.3, 0.4) is 0 Å². The molecule has 0 aromatic rings. The summed E-state index contributed by atoms with van der Waals surface area (Å²) in [6.07, 6.45) is 11.5. The Hall–Kier alpha value is -0.0800. The first kappa shape index (κ1) is 14.5. The molecule has 0 aromatic heterocycles. The summed E-state index contributed by atoms with van der Waals surface area (Å²) >= 11 is 0. The SMILES string of the molecule is C[C@]12CC[C@H]3[C@@H](CC[C@@]4(O)CCCC[C@]34C)[C@@H]1CC[C@@H]2O. The molecule has 4 fully saturated rings. The Bertz CT molecular complexity index is 435. The van der Waals surface area contributed by atoms with Gasteiger partial charge in [0.1, 0.15) is 0 Å². The van der Waals surface area contributed by atoms with Crippen LogP contribution in [0.25, 0.3) is 0 Å². The van der Waals surface area contributed by atoms with Gasteiger partial charge in [-0.1, -0.05) is 26.7 Å². The molecule has 4 rings (SSSR count). The third-order valence-corrected chi connectivity index (χ3v) is 8.70. The highest BCUT2D eigenvalue weighted by molar-refractivity contribution is 5.13. The van der Waals surface area contributed by atoms with Crippen LogP contribution in [0.1, 0.15) is 78.1 Å². The van der Waals surface area contributed by atoms with Gasteiger partial charge in [-0.05, 0) is 80.0 Å². The first-order valence-electron chi connectivity index (χ1n) is 9.31. The lowest BCUT2D eigenvalue weighted by atomic mass is 9.44. The van der Waals surface area contributed by atoms with E-state index in [0.29, 0.717) is 11.8 Å². The van der Waals surface area contributed by atoms with Gasteiger partial charge in [-0.25, -0.2) is 0 Å². The molecule has 0 amide bonds. The maximum Gasteiger partial charge on any atom is 0.0703 e. The fourth-order valence-corrected chi connectivity index (χ4v) is 7.23. The average Bonchev–Trinajstić information content (AvgIpc) is 2.76. The molecule has 0 unspecified atom stereocenters. The van der Waals surface area contributed by atoms with Crippen molar-refractivity contribution in [3.05, 3.63) is 0 Å². The first-order valence-corrected chi connectivity index (χ1v) is 9.31. The Balaban J connectivity index is 1.68. The highest BCUT2D eigenvalue weighted by Crippen LogP contribution is 2.67. The third kappa shape index (κ3) is 1.72. The number of aliphatic hydroxyl groups is 2. The van der Waals surface area contributed by atoms with Gasteiger partial charge < -0.3 is 10.2 Å². The van der Waals surface area contributed by atoms with Crippen LogP contribution >= 0.6 is 0 Å². The Morgan fingerprint density at radius 3 is 2.38 bits per heavy atom. The van der Waals surface area contributed by atoms with Crippen molar-refractivity contribution in [1.82, 2.24) is 0 Å². The zero-order valence-electron chi connectivity index (χ0n) is 13.8. The molecule has 0 bridgehead atoms. The van der Waals surface area contributed by atoms with Crippen LogP contribution in [0.4, 0.5) is 0 Å². The fourth-order valence-electron chi connectivity index (χ4n) is 7.23. The number of hydrogen-bond acceptors (Lipinski definition) is 2. The highest BCUT2D eigenvalue weighted by Gasteiger charge is 2.63. The Kier molecular flexibility index (Phi) is 3.09. The monoisotopic (exact) mass is 292 g/mol. The third-order valence-electron chi connectivity index (χ3n) is 8.70. The quantitative estimate of drug-likeness (QED) is 0.711. The largest absolute Gasteiger partial charge is 0.393 e. The summed E-state index contributed by atoms with van der Waals surface area (Å²) in [6, 6.07) is 0. The first-order chi connectivity index (χ1) is 9.91. The fraction of sp³-hybridized carbons (Fsp3) is 1.00. The number of aliphatic hydroxyl groups excluding tert-OH is 1. The molecular formula is C19H32O2. The predicted octanol–water partition coefficient (Wildman–Crippen LogP) is 3.90. The Labute approximate surface area is 129 Å². The maximum atomic E-state index is 11.3. The average molecular weight is 292 g/mol. The molecule has 4 saturated carbocycles. The van der Waals surface area contributed by atoms with Crippen LogP contribution in [0, 0.1) is 28.6 Å². The zero-order chi connectivity index (χ0) is 14.9. The van der Waals surface area contributed by atoms with Crippen LogP contribution in [0.5, 0.6) is 0 Å². The summed E-state index contributed by atoms with van der Waals surface area (Å²) in [6.45, 7) is 4.74. The van der Waals surface area contributed by atoms with Gasteiger partial charge in [0, 0.05) is 0 Å². The number of fused-ring (bicyclic) bond motifs is 5. The van der Waals surface area contributed by atoms with E-state index in [1.54, 1.807) is 0 Å². The second kappa shape index (κ2) is 4.47. The van der Waals surface area contributed by atoms with Crippen molar-refractivity contribution in [2.45, 2.75) is 89.8 Å². The highest BCUT2D eigenvalue weighted by atomic mass is 16.3. The van der Waals surface area contributed by atoms with Crippen LogP contribution in [-0.2, 0) is 0 Å². The normalized spacial score (nSPS) is 60.0. The van der Waals surface area contributed by atoms with Crippen molar-refractivity contribution >= 4 is 0 Å². The van der Waals surface area contributed by atoms with E-state index >= 15 is 0 Å². The van der Waals surface area contributed by atoms with Crippen LogP contribution in [0.2, 0.25) is 0 Å². The summed E-state index contributed by atoms with van der Waals surface area (Å²) in [5.74, 6) is 2.15. The van der Waals surface area contributed by atoms with E-state index in [0.717, 1.165) is 25.2 Å². The molecule has 0 saturated heterocycles. The van der Waals surface area contributed by atoms with Gasteiger partial charge in [0.15, 0.2) is 0 Å². The molecule has 21 heavy (non-hydrogen) atoms. The minimum absolute atomic E-state index is 0.0802. The molecule has 120 valence electrons. The number of hydrogen-bond donors (Lipinski definition) is 2. The molecule has 4 aliphatic carbocycles. The Morgan fingerprint density at radius 2 is 1.57 bits per heavy atom. The van der Waals surface area contributed by atoms with Crippen molar-refractivity contribution in [3.8, 4) is 0 Å². The molecule has 4 aliphatic rings. The maximum absolute atomic E-state index is 11.3. The van der Waals surface area contributed by atoms with E-state index in [1.165, 1.54) is 44.9 Å². The summed E-state index contributed by atoms with van der Waals surface area (Å²) < 4.78 is 0. The summed E-state index contributed by atoms with van der Waals surface area (Å²) in [5.41, 5.74) is -0.0813. The van der Waals surface area contributed by atoms with E-state index in [-0.39, 0.29) is 16.9 Å². The van der Waals surface area contributed by atoms with Gasteiger partial charge in [0.2, 0.25) is 0 Å². The summed E-state index contributed by atoms with van der Waals surface area (Å²) in [5, 5.41) is 21.8. The smallest absolute Gasteiger partial charge is 0.0703 e. The van der Waals surface area contributed by atoms with Crippen LogP contribution < -0.4 is 0 Å². The minimum atomic E-state index is -0.391. The van der Waals surface area contributed by atoms with Crippen molar-refractivity contribution < 1.29 is 10.2 Å².